The van der Waals surface area contributed by atoms with Crippen molar-refractivity contribution < 1.29 is 4.74 Å². The number of methoxy groups -OCH3 is 1. The third-order valence-electron chi connectivity index (χ3n) is 3.01. The third kappa shape index (κ3) is 2.23. The normalized spacial score (nSPS) is 10.9. The number of halogens is 2. The van der Waals surface area contributed by atoms with Crippen molar-refractivity contribution in [1.82, 2.24) is 9.97 Å². The summed E-state index contributed by atoms with van der Waals surface area (Å²) in [7, 11) is 1.59. The number of rotatable bonds is 2. The Hall–Kier alpha value is -1.72. The number of anilines is 1. The van der Waals surface area contributed by atoms with Crippen LogP contribution in [-0.4, -0.2) is 17.1 Å². The summed E-state index contributed by atoms with van der Waals surface area (Å²) in [4.78, 5) is 7.75. The number of benzene rings is 2. The maximum Gasteiger partial charge on any atom is 0.141 e. The molecule has 0 radical (unpaired) electrons. The highest BCUT2D eigenvalue weighted by Crippen LogP contribution is 2.31. The highest BCUT2D eigenvalue weighted by atomic mass is 79.9. The van der Waals surface area contributed by atoms with Crippen LogP contribution in [0.4, 0.5) is 5.69 Å². The van der Waals surface area contributed by atoms with E-state index in [-0.39, 0.29) is 0 Å². The minimum Gasteiger partial charge on any atom is -0.495 e. The van der Waals surface area contributed by atoms with Crippen LogP contribution in [0.3, 0.4) is 0 Å². The first-order valence-corrected chi connectivity index (χ1v) is 7.04. The standard InChI is InChI=1S/C14H11BrClN3O/c1-20-12-3-2-7(4-10(12)17)14-18-11-6-8(15)5-9(16)13(11)19-14/h2-6H,17H2,1H3,(H,18,19). The molecule has 0 fully saturated rings. The molecule has 0 aliphatic rings. The minimum absolute atomic E-state index is 0.567. The Morgan fingerprint density at radius 3 is 2.80 bits per heavy atom. The largest absolute Gasteiger partial charge is 0.495 e. The maximum atomic E-state index is 6.18. The van der Waals surface area contributed by atoms with Crippen molar-refractivity contribution in [3.8, 4) is 17.1 Å². The zero-order valence-electron chi connectivity index (χ0n) is 10.6. The first-order valence-electron chi connectivity index (χ1n) is 5.87. The topological polar surface area (TPSA) is 63.9 Å². The summed E-state index contributed by atoms with van der Waals surface area (Å²) in [5.74, 6) is 1.36. The number of hydrogen-bond donors (Lipinski definition) is 2. The van der Waals surface area contributed by atoms with E-state index in [9.17, 15) is 0 Å². The summed E-state index contributed by atoms with van der Waals surface area (Å²) in [5.41, 5.74) is 8.97. The van der Waals surface area contributed by atoms with Crippen molar-refractivity contribution in [3.05, 3.63) is 39.8 Å². The lowest BCUT2D eigenvalue weighted by Crippen LogP contribution is -1.92. The molecule has 3 rings (SSSR count). The number of nitrogens with one attached hydrogen (secondary N) is 1. The number of imidazole rings is 1. The number of nitrogens with zero attached hydrogens (tertiary/aromatic N) is 1. The molecule has 0 saturated carbocycles. The molecule has 0 aliphatic carbocycles. The first-order chi connectivity index (χ1) is 9.58. The van der Waals surface area contributed by atoms with Crippen molar-refractivity contribution in [1.29, 1.82) is 0 Å². The molecule has 20 heavy (non-hydrogen) atoms. The zero-order chi connectivity index (χ0) is 14.3. The lowest BCUT2D eigenvalue weighted by molar-refractivity contribution is 0.417. The maximum absolute atomic E-state index is 6.18. The lowest BCUT2D eigenvalue weighted by Gasteiger charge is -2.05. The SMILES string of the molecule is COc1ccc(-c2nc3c(Cl)cc(Br)cc3[nH]2)cc1N. The van der Waals surface area contributed by atoms with Gasteiger partial charge in [0.25, 0.3) is 0 Å². The van der Waals surface area contributed by atoms with Crippen LogP contribution >= 0.6 is 27.5 Å². The number of fused-ring (bicyclic) bond motifs is 1. The predicted molar refractivity (Wildman–Crippen MR) is 85.2 cm³/mol. The van der Waals surface area contributed by atoms with Crippen molar-refractivity contribution >= 4 is 44.3 Å². The molecule has 0 spiro atoms. The summed E-state index contributed by atoms with van der Waals surface area (Å²) in [6.07, 6.45) is 0. The Morgan fingerprint density at radius 1 is 1.30 bits per heavy atom. The second kappa shape index (κ2) is 5.00. The summed E-state index contributed by atoms with van der Waals surface area (Å²) >= 11 is 9.60. The monoisotopic (exact) mass is 351 g/mol. The smallest absolute Gasteiger partial charge is 0.141 e. The van der Waals surface area contributed by atoms with Crippen LogP contribution in [-0.2, 0) is 0 Å². The second-order valence-corrected chi connectivity index (χ2v) is 5.65. The number of aromatic nitrogens is 2. The second-order valence-electron chi connectivity index (χ2n) is 4.33. The van der Waals surface area contributed by atoms with Gasteiger partial charge in [-0.15, -0.1) is 0 Å². The van der Waals surface area contributed by atoms with Gasteiger partial charge in [-0.1, -0.05) is 27.5 Å². The molecule has 4 nitrogen and oxygen atoms in total. The fourth-order valence-electron chi connectivity index (χ4n) is 2.06. The number of aromatic amines is 1. The molecule has 1 heterocycles. The number of H-pyrrole nitrogens is 1. The molecule has 1 aromatic heterocycles. The molecule has 6 heteroatoms. The van der Waals surface area contributed by atoms with Gasteiger partial charge in [0.1, 0.15) is 17.1 Å². The summed E-state index contributed by atoms with van der Waals surface area (Å²) in [6.45, 7) is 0. The van der Waals surface area contributed by atoms with Crippen LogP contribution in [0.2, 0.25) is 5.02 Å². The van der Waals surface area contributed by atoms with E-state index in [4.69, 9.17) is 22.1 Å². The highest BCUT2D eigenvalue weighted by Gasteiger charge is 2.10. The van der Waals surface area contributed by atoms with Gasteiger partial charge in [0.15, 0.2) is 0 Å². The first kappa shape index (κ1) is 13.3. The molecule has 2 aromatic carbocycles. The number of nitrogens with two attached hydrogens (primary N) is 1. The molecule has 3 aromatic rings. The van der Waals surface area contributed by atoms with Crippen LogP contribution in [0.25, 0.3) is 22.4 Å². The Balaban J connectivity index is 2.15. The molecule has 102 valence electrons. The van der Waals surface area contributed by atoms with E-state index in [0.29, 0.717) is 22.3 Å². The average Bonchev–Trinajstić information content (AvgIpc) is 2.82. The Kier molecular flexibility index (Phi) is 3.31. The molecule has 0 unspecified atom stereocenters. The molecule has 0 atom stereocenters. The van der Waals surface area contributed by atoms with Gasteiger partial charge in [-0.05, 0) is 30.3 Å². The van der Waals surface area contributed by atoms with Gasteiger partial charge >= 0.3 is 0 Å². The summed E-state index contributed by atoms with van der Waals surface area (Å²) in [5, 5.41) is 0.596. The van der Waals surface area contributed by atoms with Crippen LogP contribution in [0.15, 0.2) is 34.8 Å². The van der Waals surface area contributed by atoms with E-state index in [1.807, 2.05) is 30.3 Å². The fourth-order valence-corrected chi connectivity index (χ4v) is 2.91. The van der Waals surface area contributed by atoms with Gasteiger partial charge in [0.2, 0.25) is 0 Å². The van der Waals surface area contributed by atoms with Gasteiger partial charge in [-0.2, -0.15) is 0 Å². The molecule has 0 amide bonds. The Morgan fingerprint density at radius 2 is 2.10 bits per heavy atom. The number of nitrogen functional groups attached to an aromatic ring is 1. The molecule has 0 bridgehead atoms. The highest BCUT2D eigenvalue weighted by molar-refractivity contribution is 9.10. The average molecular weight is 353 g/mol. The number of ether oxygens (including phenoxy) is 1. The van der Waals surface area contributed by atoms with E-state index in [1.54, 1.807) is 7.11 Å². The quantitative estimate of drug-likeness (QED) is 0.678. The molecular weight excluding hydrogens is 342 g/mol. The predicted octanol–water partition coefficient (Wildman–Crippen LogP) is 4.24. The van der Waals surface area contributed by atoms with Crippen LogP contribution in [0.5, 0.6) is 5.75 Å². The zero-order valence-corrected chi connectivity index (χ0v) is 12.9. The van der Waals surface area contributed by atoms with Crippen LogP contribution in [0, 0.1) is 0 Å². The van der Waals surface area contributed by atoms with Crippen molar-refractivity contribution in [3.63, 3.8) is 0 Å². The van der Waals surface area contributed by atoms with Gasteiger partial charge in [-0.3, -0.25) is 0 Å². The molecule has 0 aliphatic heterocycles. The Bertz CT molecular complexity index is 800. The minimum atomic E-state index is 0.567. The molecule has 0 saturated heterocycles. The van der Waals surface area contributed by atoms with E-state index in [0.717, 1.165) is 21.1 Å². The van der Waals surface area contributed by atoms with E-state index >= 15 is 0 Å². The third-order valence-corrected chi connectivity index (χ3v) is 3.75. The van der Waals surface area contributed by atoms with Crippen molar-refractivity contribution in [2.75, 3.05) is 12.8 Å². The van der Waals surface area contributed by atoms with Gasteiger partial charge in [0.05, 0.1) is 23.3 Å². The number of hydrogen-bond acceptors (Lipinski definition) is 3. The van der Waals surface area contributed by atoms with E-state index in [1.165, 1.54) is 0 Å². The summed E-state index contributed by atoms with van der Waals surface area (Å²) in [6, 6.07) is 9.28. The fraction of sp³-hybridized carbons (Fsp3) is 0.0714. The van der Waals surface area contributed by atoms with Crippen LogP contribution in [0.1, 0.15) is 0 Å². The Labute approximate surface area is 129 Å². The van der Waals surface area contributed by atoms with E-state index in [2.05, 4.69) is 25.9 Å². The van der Waals surface area contributed by atoms with Gasteiger partial charge in [0, 0.05) is 10.0 Å². The molecule has 3 N–H and O–H groups in total. The molecular formula is C14H11BrClN3O. The van der Waals surface area contributed by atoms with Gasteiger partial charge in [-0.25, -0.2) is 4.98 Å². The van der Waals surface area contributed by atoms with Crippen LogP contribution < -0.4 is 10.5 Å². The van der Waals surface area contributed by atoms with Gasteiger partial charge < -0.3 is 15.5 Å². The van der Waals surface area contributed by atoms with E-state index < -0.39 is 0 Å². The van der Waals surface area contributed by atoms with Crippen molar-refractivity contribution in [2.45, 2.75) is 0 Å². The summed E-state index contributed by atoms with van der Waals surface area (Å²) < 4.78 is 6.05. The lowest BCUT2D eigenvalue weighted by atomic mass is 10.2. The van der Waals surface area contributed by atoms with Crippen molar-refractivity contribution in [2.24, 2.45) is 0 Å².